The number of amides is 1. The molecule has 2 aromatic heterocycles. The van der Waals surface area contributed by atoms with Gasteiger partial charge in [-0.3, -0.25) is 9.10 Å². The molecule has 0 bridgehead atoms. The van der Waals surface area contributed by atoms with Crippen molar-refractivity contribution >= 4 is 42.6 Å². The molecule has 194 valence electrons. The SMILES string of the molecule is CNC(=O)c1c(-c2ccc(F)cc2)oc2c(F)c3c(nc12)[C@H](C)O[C@H](CS(C)(=O)=O)CN3S(C)(=O)=O. The van der Waals surface area contributed by atoms with E-state index in [0.717, 1.165) is 24.6 Å². The Balaban J connectivity index is 2.03. The number of ether oxygens (including phenoxy) is 1. The second kappa shape index (κ2) is 9.09. The lowest BCUT2D eigenvalue weighted by molar-refractivity contribution is 0.0172. The zero-order chi connectivity index (χ0) is 26.6. The molecule has 0 unspecified atom stereocenters. The quantitative estimate of drug-likeness (QED) is 0.518. The van der Waals surface area contributed by atoms with E-state index in [9.17, 15) is 26.0 Å². The zero-order valence-electron chi connectivity index (χ0n) is 19.7. The van der Waals surface area contributed by atoms with Crippen molar-refractivity contribution in [3.63, 3.8) is 0 Å². The number of hydrogen-bond donors (Lipinski definition) is 1. The molecule has 1 N–H and O–H groups in total. The van der Waals surface area contributed by atoms with Gasteiger partial charge in [-0.2, -0.15) is 0 Å². The number of sulfonamides is 1. The van der Waals surface area contributed by atoms with Gasteiger partial charge in [0.25, 0.3) is 5.91 Å². The van der Waals surface area contributed by atoms with Crippen molar-refractivity contribution in [2.75, 3.05) is 36.2 Å². The zero-order valence-corrected chi connectivity index (χ0v) is 21.3. The fraction of sp³-hybridized carbons (Fsp3) is 0.364. The molecule has 3 heterocycles. The van der Waals surface area contributed by atoms with Gasteiger partial charge >= 0.3 is 0 Å². The Morgan fingerprint density at radius 2 is 1.81 bits per heavy atom. The van der Waals surface area contributed by atoms with Gasteiger partial charge in [0.2, 0.25) is 10.0 Å². The molecule has 2 atom stereocenters. The van der Waals surface area contributed by atoms with Crippen LogP contribution in [0.1, 0.15) is 29.1 Å². The van der Waals surface area contributed by atoms with Crippen LogP contribution in [0.2, 0.25) is 0 Å². The van der Waals surface area contributed by atoms with Gasteiger partial charge in [-0.1, -0.05) is 0 Å². The summed E-state index contributed by atoms with van der Waals surface area (Å²) in [6.07, 6.45) is -0.338. The number of hydrogen-bond acceptors (Lipinski definition) is 8. The predicted molar refractivity (Wildman–Crippen MR) is 128 cm³/mol. The van der Waals surface area contributed by atoms with Crippen LogP contribution in [-0.2, 0) is 24.6 Å². The third-order valence-corrected chi connectivity index (χ3v) is 7.72. The van der Waals surface area contributed by atoms with Crippen LogP contribution in [0.3, 0.4) is 0 Å². The minimum atomic E-state index is -4.13. The number of nitrogens with one attached hydrogen (secondary N) is 1. The topological polar surface area (TPSA) is 136 Å². The highest BCUT2D eigenvalue weighted by Gasteiger charge is 2.39. The fourth-order valence-corrected chi connectivity index (χ4v) is 5.94. The highest BCUT2D eigenvalue weighted by Crippen LogP contribution is 2.42. The van der Waals surface area contributed by atoms with E-state index < -0.39 is 73.2 Å². The average molecular weight is 544 g/mol. The van der Waals surface area contributed by atoms with Crippen molar-refractivity contribution in [3.8, 4) is 11.3 Å². The molecule has 14 heteroatoms. The fourth-order valence-electron chi connectivity index (χ4n) is 4.14. The molecule has 0 radical (unpaired) electrons. The van der Waals surface area contributed by atoms with Crippen LogP contribution in [0.4, 0.5) is 14.5 Å². The molecule has 36 heavy (non-hydrogen) atoms. The second-order valence-electron chi connectivity index (χ2n) is 8.52. The summed E-state index contributed by atoms with van der Waals surface area (Å²) >= 11 is 0. The lowest BCUT2D eigenvalue weighted by Gasteiger charge is -2.24. The lowest BCUT2D eigenvalue weighted by Crippen LogP contribution is -2.40. The molecule has 0 saturated carbocycles. The first-order valence-corrected chi connectivity index (χ1v) is 14.6. The van der Waals surface area contributed by atoms with Gasteiger partial charge in [0, 0.05) is 18.9 Å². The van der Waals surface area contributed by atoms with E-state index in [1.807, 2.05) is 0 Å². The number of halogens is 2. The van der Waals surface area contributed by atoms with Gasteiger partial charge in [0.15, 0.2) is 11.4 Å². The van der Waals surface area contributed by atoms with Crippen molar-refractivity contribution < 1.29 is 39.6 Å². The molecule has 3 aromatic rings. The van der Waals surface area contributed by atoms with Crippen molar-refractivity contribution in [2.24, 2.45) is 0 Å². The van der Waals surface area contributed by atoms with E-state index in [1.54, 1.807) is 0 Å². The largest absolute Gasteiger partial charge is 0.450 e. The van der Waals surface area contributed by atoms with Crippen LogP contribution >= 0.6 is 0 Å². The molecule has 0 spiro atoms. The Hall–Kier alpha value is -3.10. The number of sulfone groups is 1. The summed E-state index contributed by atoms with van der Waals surface area (Å²) in [5.74, 6) is -2.92. The molecule has 0 fully saturated rings. The van der Waals surface area contributed by atoms with Gasteiger partial charge < -0.3 is 14.5 Å². The number of nitrogens with zero attached hydrogens (tertiary/aromatic N) is 2. The number of anilines is 1. The van der Waals surface area contributed by atoms with E-state index in [0.29, 0.717) is 4.31 Å². The molecular formula is C22H23F2N3O7S2. The Labute approximate surface area is 206 Å². The van der Waals surface area contributed by atoms with Crippen LogP contribution in [0.25, 0.3) is 22.4 Å². The van der Waals surface area contributed by atoms with Crippen LogP contribution < -0.4 is 9.62 Å². The van der Waals surface area contributed by atoms with Crippen LogP contribution in [0, 0.1) is 11.6 Å². The molecule has 1 aliphatic heterocycles. The van der Waals surface area contributed by atoms with Crippen LogP contribution in [0.15, 0.2) is 28.7 Å². The normalized spacial score (nSPS) is 18.7. The van der Waals surface area contributed by atoms with Crippen LogP contribution in [0.5, 0.6) is 0 Å². The number of pyridine rings is 1. The second-order valence-corrected chi connectivity index (χ2v) is 12.6. The maximum Gasteiger partial charge on any atom is 0.257 e. The van der Waals surface area contributed by atoms with E-state index in [4.69, 9.17) is 9.15 Å². The monoisotopic (exact) mass is 543 g/mol. The molecule has 0 saturated heterocycles. The predicted octanol–water partition coefficient (Wildman–Crippen LogP) is 2.40. The van der Waals surface area contributed by atoms with Crippen molar-refractivity contribution in [1.29, 1.82) is 0 Å². The number of furan rings is 1. The van der Waals surface area contributed by atoms with Crippen molar-refractivity contribution in [2.45, 2.75) is 19.1 Å². The third-order valence-electron chi connectivity index (χ3n) is 5.62. The minimum absolute atomic E-state index is 0.0923. The smallest absolute Gasteiger partial charge is 0.257 e. The van der Waals surface area contributed by atoms with Gasteiger partial charge in [-0.15, -0.1) is 0 Å². The summed E-state index contributed by atoms with van der Waals surface area (Å²) in [5, 5.41) is 2.43. The molecule has 4 rings (SSSR count). The molecule has 1 aliphatic rings. The van der Waals surface area contributed by atoms with E-state index in [1.165, 1.54) is 26.1 Å². The van der Waals surface area contributed by atoms with Crippen molar-refractivity contribution in [3.05, 3.63) is 47.2 Å². The summed E-state index contributed by atoms with van der Waals surface area (Å²) in [4.78, 5) is 17.2. The Bertz CT molecular complexity index is 1570. The number of carbonyl (C=O) groups is 1. The minimum Gasteiger partial charge on any atom is -0.450 e. The highest BCUT2D eigenvalue weighted by atomic mass is 32.2. The Morgan fingerprint density at radius 1 is 1.17 bits per heavy atom. The maximum absolute atomic E-state index is 16.1. The van der Waals surface area contributed by atoms with E-state index >= 15 is 4.39 Å². The third kappa shape index (κ3) is 4.80. The number of aromatic nitrogens is 1. The number of rotatable bonds is 5. The first-order chi connectivity index (χ1) is 16.7. The lowest BCUT2D eigenvalue weighted by atomic mass is 10.1. The van der Waals surface area contributed by atoms with Gasteiger partial charge in [0.1, 0.15) is 38.2 Å². The summed E-state index contributed by atoms with van der Waals surface area (Å²) in [6.45, 7) is 0.986. The first kappa shape index (κ1) is 26.0. The van der Waals surface area contributed by atoms with Crippen molar-refractivity contribution in [1.82, 2.24) is 10.3 Å². The van der Waals surface area contributed by atoms with Gasteiger partial charge in [-0.25, -0.2) is 30.6 Å². The molecule has 1 aromatic carbocycles. The Kier molecular flexibility index (Phi) is 6.56. The number of benzene rings is 1. The molecule has 0 aliphatic carbocycles. The first-order valence-electron chi connectivity index (χ1n) is 10.7. The Morgan fingerprint density at radius 3 is 2.36 bits per heavy atom. The number of fused-ring (bicyclic) bond motifs is 2. The van der Waals surface area contributed by atoms with E-state index in [2.05, 4.69) is 10.3 Å². The standard InChI is InChI=1S/C22H23F2N3O7S2/c1-11-17-19(27(36(4,31)32)9-14(33-11)10-35(3,29)30)16(24)21-18(26-17)15(22(28)25-2)20(34-21)12-5-7-13(23)8-6-12/h5-8,11,14H,9-10H2,1-4H3,(H,25,28)/t11-,14-/m0/s1. The van der Waals surface area contributed by atoms with Gasteiger partial charge in [-0.05, 0) is 31.2 Å². The molecule has 10 nitrogen and oxygen atoms in total. The number of carbonyl (C=O) groups excluding carboxylic acids is 1. The average Bonchev–Trinajstić information content (AvgIpc) is 3.09. The summed E-state index contributed by atoms with van der Waals surface area (Å²) in [7, 11) is -6.36. The summed E-state index contributed by atoms with van der Waals surface area (Å²) < 4.78 is 90.9. The van der Waals surface area contributed by atoms with Crippen LogP contribution in [-0.4, -0.2) is 65.7 Å². The van der Waals surface area contributed by atoms with Gasteiger partial charge in [0.05, 0.1) is 36.5 Å². The molecule has 1 amide bonds. The summed E-state index contributed by atoms with van der Waals surface area (Å²) in [6, 6.07) is 4.95. The maximum atomic E-state index is 16.1. The van der Waals surface area contributed by atoms with E-state index in [-0.39, 0.29) is 28.1 Å². The molecular weight excluding hydrogens is 520 g/mol. The highest BCUT2D eigenvalue weighted by molar-refractivity contribution is 7.92. The summed E-state index contributed by atoms with van der Waals surface area (Å²) in [5.41, 5.74) is -1.19.